The molecule has 0 spiro atoms. The molecule has 0 aliphatic rings. The van der Waals surface area contributed by atoms with E-state index in [0.717, 1.165) is 21.2 Å². The van der Waals surface area contributed by atoms with E-state index >= 15 is 0 Å². The molecule has 0 radical (unpaired) electrons. The Kier molecular flexibility index (Phi) is 8.08. The third-order valence-corrected chi connectivity index (χ3v) is 5.92. The van der Waals surface area contributed by atoms with Crippen LogP contribution in [-0.2, 0) is 16.1 Å². The number of likely N-dealkylation sites (N-methyl/N-ethyl adjacent to an activating group) is 1. The molecule has 0 aliphatic heterocycles. The molecule has 0 aromatic heterocycles. The molecule has 1 N–H and O–H groups in total. The van der Waals surface area contributed by atoms with E-state index in [1.54, 1.807) is 21.1 Å². The van der Waals surface area contributed by atoms with Crippen LogP contribution in [0.5, 0.6) is 11.5 Å². The van der Waals surface area contributed by atoms with Gasteiger partial charge < -0.3 is 19.7 Å². The van der Waals surface area contributed by atoms with Crippen LogP contribution in [0, 0.1) is 13.8 Å². The highest BCUT2D eigenvalue weighted by molar-refractivity contribution is 9.10. The van der Waals surface area contributed by atoms with Crippen LogP contribution < -0.4 is 14.8 Å². The largest absolute Gasteiger partial charge is 0.497 e. The number of aryl methyl sites for hydroxylation is 2. The van der Waals surface area contributed by atoms with Crippen LogP contribution in [0.1, 0.15) is 23.6 Å². The molecular formula is C22H27BrN2O4. The van der Waals surface area contributed by atoms with Crippen molar-refractivity contribution in [1.82, 2.24) is 10.2 Å². The molecule has 0 fully saturated rings. The normalized spacial score (nSPS) is 11.5. The first-order valence-corrected chi connectivity index (χ1v) is 10.1. The smallest absolute Gasteiger partial charge is 0.261 e. The summed E-state index contributed by atoms with van der Waals surface area (Å²) in [4.78, 5) is 26.7. The Morgan fingerprint density at radius 1 is 1.14 bits per heavy atom. The number of amides is 2. The van der Waals surface area contributed by atoms with Gasteiger partial charge in [-0.15, -0.1) is 0 Å². The fraction of sp³-hybridized carbons (Fsp3) is 0.364. The predicted octanol–water partition coefficient (Wildman–Crippen LogP) is 3.62. The summed E-state index contributed by atoms with van der Waals surface area (Å²) in [6.45, 7) is 5.74. The minimum absolute atomic E-state index is 0.161. The second-order valence-electron chi connectivity index (χ2n) is 6.82. The molecule has 2 amide bonds. The van der Waals surface area contributed by atoms with Crippen molar-refractivity contribution in [2.45, 2.75) is 33.4 Å². The summed E-state index contributed by atoms with van der Waals surface area (Å²) in [6, 6.07) is 10.5. The average Bonchev–Trinajstić information content (AvgIpc) is 2.72. The van der Waals surface area contributed by atoms with Gasteiger partial charge in [0.15, 0.2) is 6.61 Å². The molecule has 0 unspecified atom stereocenters. The van der Waals surface area contributed by atoms with Crippen molar-refractivity contribution in [3.63, 3.8) is 0 Å². The third kappa shape index (κ3) is 5.97. The standard InChI is InChI=1S/C22H27BrN2O4/c1-14-9-19(10-15(2)21(14)23)29-13-20(26)25(16(3)22(27)24-4)12-17-7-6-8-18(11-17)28-5/h6-11,16H,12-13H2,1-5H3,(H,24,27)/t16-/m1/s1. The molecule has 2 aromatic rings. The second-order valence-corrected chi connectivity index (χ2v) is 7.62. The highest BCUT2D eigenvalue weighted by atomic mass is 79.9. The van der Waals surface area contributed by atoms with Crippen molar-refractivity contribution in [3.8, 4) is 11.5 Å². The molecule has 6 nitrogen and oxygen atoms in total. The molecule has 0 heterocycles. The lowest BCUT2D eigenvalue weighted by molar-refractivity contribution is -0.142. The maximum absolute atomic E-state index is 13.0. The van der Waals surface area contributed by atoms with Crippen LogP contribution in [0.2, 0.25) is 0 Å². The first-order chi connectivity index (χ1) is 13.8. The summed E-state index contributed by atoms with van der Waals surface area (Å²) in [5.74, 6) is 0.795. The van der Waals surface area contributed by atoms with Gasteiger partial charge in [0.1, 0.15) is 17.5 Å². The first-order valence-electron chi connectivity index (χ1n) is 9.30. The van der Waals surface area contributed by atoms with E-state index in [4.69, 9.17) is 9.47 Å². The van der Waals surface area contributed by atoms with Gasteiger partial charge in [0.05, 0.1) is 7.11 Å². The molecule has 7 heteroatoms. The number of nitrogens with one attached hydrogen (secondary N) is 1. The molecular weight excluding hydrogens is 436 g/mol. The van der Waals surface area contributed by atoms with Gasteiger partial charge in [0, 0.05) is 18.1 Å². The number of methoxy groups -OCH3 is 1. The van der Waals surface area contributed by atoms with Gasteiger partial charge >= 0.3 is 0 Å². The van der Waals surface area contributed by atoms with Crippen LogP contribution in [0.25, 0.3) is 0 Å². The molecule has 1 atom stereocenters. The number of ether oxygens (including phenoxy) is 2. The Labute approximate surface area is 180 Å². The number of hydrogen-bond donors (Lipinski definition) is 1. The number of benzene rings is 2. The maximum atomic E-state index is 13.0. The summed E-state index contributed by atoms with van der Waals surface area (Å²) >= 11 is 3.52. The Morgan fingerprint density at radius 3 is 2.38 bits per heavy atom. The minimum Gasteiger partial charge on any atom is -0.497 e. The van der Waals surface area contributed by atoms with Crippen LogP contribution in [0.4, 0.5) is 0 Å². The van der Waals surface area contributed by atoms with E-state index in [1.807, 2.05) is 50.2 Å². The lowest BCUT2D eigenvalue weighted by Crippen LogP contribution is -2.48. The molecule has 156 valence electrons. The van der Waals surface area contributed by atoms with Crippen molar-refractivity contribution >= 4 is 27.7 Å². The SMILES string of the molecule is CNC(=O)[C@@H](C)N(Cc1cccc(OC)c1)C(=O)COc1cc(C)c(Br)c(C)c1. The zero-order valence-electron chi connectivity index (χ0n) is 17.4. The van der Waals surface area contributed by atoms with Crippen molar-refractivity contribution in [1.29, 1.82) is 0 Å². The van der Waals surface area contributed by atoms with Gasteiger partial charge in [0.2, 0.25) is 5.91 Å². The number of rotatable bonds is 8. The van der Waals surface area contributed by atoms with Gasteiger partial charge in [-0.1, -0.05) is 28.1 Å². The van der Waals surface area contributed by atoms with Crippen molar-refractivity contribution in [2.24, 2.45) is 0 Å². The number of carbonyl (C=O) groups is 2. The van der Waals surface area contributed by atoms with Crippen LogP contribution in [0.15, 0.2) is 40.9 Å². The van der Waals surface area contributed by atoms with Gasteiger partial charge in [-0.25, -0.2) is 0 Å². The lowest BCUT2D eigenvalue weighted by atomic mass is 10.1. The lowest BCUT2D eigenvalue weighted by Gasteiger charge is -2.28. The van der Waals surface area contributed by atoms with E-state index in [-0.39, 0.29) is 25.0 Å². The summed E-state index contributed by atoms with van der Waals surface area (Å²) in [6.07, 6.45) is 0. The van der Waals surface area contributed by atoms with E-state index in [0.29, 0.717) is 11.5 Å². The molecule has 2 rings (SSSR count). The molecule has 0 bridgehead atoms. The zero-order valence-corrected chi connectivity index (χ0v) is 19.0. The number of halogens is 1. The molecule has 0 saturated carbocycles. The Bertz CT molecular complexity index is 862. The van der Waals surface area contributed by atoms with Gasteiger partial charge in [0.25, 0.3) is 5.91 Å². The zero-order chi connectivity index (χ0) is 21.6. The first kappa shape index (κ1) is 22.7. The fourth-order valence-corrected chi connectivity index (χ4v) is 3.21. The Morgan fingerprint density at radius 2 is 1.79 bits per heavy atom. The summed E-state index contributed by atoms with van der Waals surface area (Å²) in [7, 11) is 3.14. The number of nitrogens with zero attached hydrogens (tertiary/aromatic N) is 1. The van der Waals surface area contributed by atoms with Gasteiger partial charge in [-0.2, -0.15) is 0 Å². The van der Waals surface area contributed by atoms with E-state index in [1.165, 1.54) is 4.90 Å². The molecule has 2 aromatic carbocycles. The van der Waals surface area contributed by atoms with Crippen molar-refractivity contribution in [2.75, 3.05) is 20.8 Å². The van der Waals surface area contributed by atoms with E-state index < -0.39 is 6.04 Å². The molecule has 0 saturated heterocycles. The fourth-order valence-electron chi connectivity index (χ4n) is 2.98. The topological polar surface area (TPSA) is 67.9 Å². The molecule has 29 heavy (non-hydrogen) atoms. The Balaban J connectivity index is 2.18. The summed E-state index contributed by atoms with van der Waals surface area (Å²) in [5.41, 5.74) is 2.92. The van der Waals surface area contributed by atoms with E-state index in [9.17, 15) is 9.59 Å². The quantitative estimate of drug-likeness (QED) is 0.650. The van der Waals surface area contributed by atoms with Gasteiger partial charge in [-0.05, 0) is 61.7 Å². The minimum atomic E-state index is -0.643. The summed E-state index contributed by atoms with van der Waals surface area (Å²) in [5, 5.41) is 2.60. The van der Waals surface area contributed by atoms with Crippen molar-refractivity contribution in [3.05, 3.63) is 57.6 Å². The summed E-state index contributed by atoms with van der Waals surface area (Å²) < 4.78 is 12.0. The van der Waals surface area contributed by atoms with Crippen LogP contribution >= 0.6 is 15.9 Å². The van der Waals surface area contributed by atoms with Crippen LogP contribution in [-0.4, -0.2) is 43.5 Å². The molecule has 0 aliphatic carbocycles. The third-order valence-electron chi connectivity index (χ3n) is 4.67. The Hall–Kier alpha value is -2.54. The highest BCUT2D eigenvalue weighted by Crippen LogP contribution is 2.26. The van der Waals surface area contributed by atoms with Gasteiger partial charge in [-0.3, -0.25) is 9.59 Å². The average molecular weight is 463 g/mol. The highest BCUT2D eigenvalue weighted by Gasteiger charge is 2.26. The number of hydrogen-bond acceptors (Lipinski definition) is 4. The van der Waals surface area contributed by atoms with E-state index in [2.05, 4.69) is 21.2 Å². The van der Waals surface area contributed by atoms with Crippen LogP contribution in [0.3, 0.4) is 0 Å². The monoisotopic (exact) mass is 462 g/mol. The second kappa shape index (κ2) is 10.3. The predicted molar refractivity (Wildman–Crippen MR) is 116 cm³/mol. The maximum Gasteiger partial charge on any atom is 0.261 e. The van der Waals surface area contributed by atoms with Crippen molar-refractivity contribution < 1.29 is 19.1 Å². The number of carbonyl (C=O) groups excluding carboxylic acids is 2.